The Kier molecular flexibility index (Phi) is 9.30. The summed E-state index contributed by atoms with van der Waals surface area (Å²) in [6.45, 7) is 6.85. The molecule has 2 aliphatic heterocycles. The number of benzene rings is 1. The zero-order valence-corrected chi connectivity index (χ0v) is 19.0. The van der Waals surface area contributed by atoms with Gasteiger partial charge in [0, 0.05) is 44.8 Å². The van der Waals surface area contributed by atoms with E-state index in [2.05, 4.69) is 22.5 Å². The molecule has 1 atom stereocenters. The lowest BCUT2D eigenvalue weighted by Gasteiger charge is -2.21. The molecule has 0 saturated carbocycles. The summed E-state index contributed by atoms with van der Waals surface area (Å²) in [5, 5.41) is 6.26. The van der Waals surface area contributed by atoms with Crippen LogP contribution in [0.25, 0.3) is 0 Å². The molecule has 2 heterocycles. The number of hydrogen-bond donors (Lipinski definition) is 2. The lowest BCUT2D eigenvalue weighted by atomic mass is 10.0. The molecule has 8 heteroatoms. The quantitative estimate of drug-likeness (QED) is 0.260. The fourth-order valence-corrected chi connectivity index (χ4v) is 3.59. The number of ether oxygens (including phenoxy) is 2. The van der Waals surface area contributed by atoms with E-state index in [1.807, 2.05) is 18.2 Å². The molecule has 0 radical (unpaired) electrons. The highest BCUT2D eigenvalue weighted by molar-refractivity contribution is 14.0. The third-order valence-electron chi connectivity index (χ3n) is 4.92. The predicted octanol–water partition coefficient (Wildman–Crippen LogP) is 2.50. The molecule has 0 aromatic heterocycles. The van der Waals surface area contributed by atoms with Gasteiger partial charge in [0.15, 0.2) is 5.96 Å². The number of aliphatic imine (C=N–C) groups is 1. The van der Waals surface area contributed by atoms with Crippen LogP contribution < -0.4 is 15.4 Å². The minimum atomic E-state index is 0. The number of hydrogen-bond acceptors (Lipinski definition) is 4. The maximum absolute atomic E-state index is 11.4. The molecule has 28 heavy (non-hydrogen) atoms. The fraction of sp³-hybridized carbons (Fsp3) is 0.600. The number of likely N-dealkylation sites (tertiary alicyclic amines) is 1. The van der Waals surface area contributed by atoms with Crippen LogP contribution in [0, 0.1) is 5.92 Å². The number of amides is 1. The van der Waals surface area contributed by atoms with Crippen LogP contribution in [0.5, 0.6) is 5.75 Å². The largest absolute Gasteiger partial charge is 0.492 e. The van der Waals surface area contributed by atoms with Crippen LogP contribution in [0.15, 0.2) is 23.2 Å². The summed E-state index contributed by atoms with van der Waals surface area (Å²) in [7, 11) is 1.76. The second kappa shape index (κ2) is 11.5. The minimum Gasteiger partial charge on any atom is -0.492 e. The summed E-state index contributed by atoms with van der Waals surface area (Å²) in [6.07, 6.45) is 2.44. The molecule has 2 aliphatic rings. The van der Waals surface area contributed by atoms with Crippen molar-refractivity contribution < 1.29 is 14.3 Å². The topological polar surface area (TPSA) is 75.2 Å². The molecule has 0 aliphatic carbocycles. The average molecular weight is 502 g/mol. The molecule has 1 saturated heterocycles. The standard InChI is InChI=1S/C20H30N4O3.HI/c1-3-21-20(24-10-8-15(13-24)14-26-2)22-9-11-27-17-5-6-18-16(12-17)4-7-19(25)23-18;/h5-6,12,15H,3-4,7-11,13-14H2,1-2H3,(H,21,22)(H,23,25);1H. The molecule has 3 rings (SSSR count). The van der Waals surface area contributed by atoms with Gasteiger partial charge in [-0.1, -0.05) is 0 Å². The number of carbonyl (C=O) groups excluding carboxylic acids is 1. The van der Waals surface area contributed by atoms with Crippen molar-refractivity contribution in [3.05, 3.63) is 23.8 Å². The highest BCUT2D eigenvalue weighted by Gasteiger charge is 2.24. The van der Waals surface area contributed by atoms with Crippen LogP contribution >= 0.6 is 24.0 Å². The molecule has 7 nitrogen and oxygen atoms in total. The van der Waals surface area contributed by atoms with E-state index in [-0.39, 0.29) is 29.9 Å². The average Bonchev–Trinajstić information content (AvgIpc) is 3.13. The Hall–Kier alpha value is -1.55. The summed E-state index contributed by atoms with van der Waals surface area (Å²) in [5.74, 6) is 2.43. The number of aryl methyl sites for hydroxylation is 1. The summed E-state index contributed by atoms with van der Waals surface area (Å²) in [6, 6.07) is 5.82. The smallest absolute Gasteiger partial charge is 0.224 e. The predicted molar refractivity (Wildman–Crippen MR) is 122 cm³/mol. The number of rotatable bonds is 7. The van der Waals surface area contributed by atoms with Crippen molar-refractivity contribution in [3.63, 3.8) is 0 Å². The van der Waals surface area contributed by atoms with Crippen molar-refractivity contribution in [1.29, 1.82) is 0 Å². The zero-order valence-electron chi connectivity index (χ0n) is 16.7. The highest BCUT2D eigenvalue weighted by atomic mass is 127. The maximum atomic E-state index is 11.4. The number of anilines is 1. The summed E-state index contributed by atoms with van der Waals surface area (Å²) in [4.78, 5) is 18.4. The van der Waals surface area contributed by atoms with E-state index in [0.29, 0.717) is 25.5 Å². The van der Waals surface area contributed by atoms with Crippen LogP contribution in [0.4, 0.5) is 5.69 Å². The van der Waals surface area contributed by atoms with Gasteiger partial charge in [0.1, 0.15) is 12.4 Å². The molecular formula is C20H31IN4O3. The van der Waals surface area contributed by atoms with E-state index in [4.69, 9.17) is 14.5 Å². The Morgan fingerprint density at radius 1 is 1.39 bits per heavy atom. The monoisotopic (exact) mass is 502 g/mol. The highest BCUT2D eigenvalue weighted by Crippen LogP contribution is 2.26. The first-order valence-corrected chi connectivity index (χ1v) is 9.77. The van der Waals surface area contributed by atoms with Gasteiger partial charge in [-0.3, -0.25) is 4.79 Å². The molecule has 1 aromatic carbocycles. The number of nitrogens with zero attached hydrogens (tertiary/aromatic N) is 2. The lowest BCUT2D eigenvalue weighted by molar-refractivity contribution is -0.116. The van der Waals surface area contributed by atoms with Crippen LogP contribution in [0.2, 0.25) is 0 Å². The first-order chi connectivity index (χ1) is 13.2. The third-order valence-corrected chi connectivity index (χ3v) is 4.92. The van der Waals surface area contributed by atoms with Gasteiger partial charge < -0.3 is 25.0 Å². The van der Waals surface area contributed by atoms with Gasteiger partial charge in [-0.25, -0.2) is 4.99 Å². The van der Waals surface area contributed by atoms with E-state index in [1.54, 1.807) is 7.11 Å². The number of carbonyl (C=O) groups is 1. The van der Waals surface area contributed by atoms with Gasteiger partial charge >= 0.3 is 0 Å². The van der Waals surface area contributed by atoms with Gasteiger partial charge in [-0.15, -0.1) is 24.0 Å². The number of fused-ring (bicyclic) bond motifs is 1. The van der Waals surface area contributed by atoms with Crippen molar-refractivity contribution in [1.82, 2.24) is 10.2 Å². The molecule has 1 unspecified atom stereocenters. The normalized spacial score (nSPS) is 18.9. The van der Waals surface area contributed by atoms with Gasteiger partial charge in [0.05, 0.1) is 13.2 Å². The number of halogens is 1. The number of guanidine groups is 1. The zero-order chi connectivity index (χ0) is 19.1. The Morgan fingerprint density at radius 3 is 3.04 bits per heavy atom. The van der Waals surface area contributed by atoms with Crippen LogP contribution in [0.1, 0.15) is 25.3 Å². The molecule has 156 valence electrons. The first-order valence-electron chi connectivity index (χ1n) is 9.77. The number of nitrogens with one attached hydrogen (secondary N) is 2. The van der Waals surface area contributed by atoms with Crippen LogP contribution in [0.3, 0.4) is 0 Å². The van der Waals surface area contributed by atoms with E-state index < -0.39 is 0 Å². The van der Waals surface area contributed by atoms with Crippen molar-refractivity contribution in [2.24, 2.45) is 10.9 Å². The maximum Gasteiger partial charge on any atom is 0.224 e. The Bertz CT molecular complexity index is 683. The SMILES string of the molecule is CCNC(=NCCOc1ccc2c(c1)CCC(=O)N2)N1CCC(COC)C1.I. The molecule has 0 spiro atoms. The molecule has 1 amide bonds. The van der Waals surface area contributed by atoms with Crippen molar-refractivity contribution in [2.45, 2.75) is 26.2 Å². The molecular weight excluding hydrogens is 471 g/mol. The Labute approximate surface area is 184 Å². The summed E-state index contributed by atoms with van der Waals surface area (Å²) in [5.41, 5.74) is 2.02. The van der Waals surface area contributed by atoms with Crippen molar-refractivity contribution >= 4 is 41.5 Å². The van der Waals surface area contributed by atoms with Crippen molar-refractivity contribution in [3.8, 4) is 5.75 Å². The van der Waals surface area contributed by atoms with E-state index >= 15 is 0 Å². The minimum absolute atomic E-state index is 0. The van der Waals surface area contributed by atoms with Gasteiger partial charge in [0.2, 0.25) is 5.91 Å². The fourth-order valence-electron chi connectivity index (χ4n) is 3.59. The van der Waals surface area contributed by atoms with E-state index in [1.165, 1.54) is 0 Å². The molecule has 1 fully saturated rings. The van der Waals surface area contributed by atoms with Crippen LogP contribution in [-0.2, 0) is 16.0 Å². The molecule has 1 aromatic rings. The third kappa shape index (κ3) is 6.23. The summed E-state index contributed by atoms with van der Waals surface area (Å²) >= 11 is 0. The van der Waals surface area contributed by atoms with Crippen LogP contribution in [-0.4, -0.2) is 63.3 Å². The van der Waals surface area contributed by atoms with E-state index in [9.17, 15) is 4.79 Å². The Morgan fingerprint density at radius 2 is 2.25 bits per heavy atom. The first kappa shape index (κ1) is 22.7. The second-order valence-electron chi connectivity index (χ2n) is 7.01. The van der Waals surface area contributed by atoms with E-state index in [0.717, 1.165) is 62.0 Å². The van der Waals surface area contributed by atoms with Gasteiger partial charge in [-0.2, -0.15) is 0 Å². The second-order valence-corrected chi connectivity index (χ2v) is 7.01. The number of methoxy groups -OCH3 is 1. The van der Waals surface area contributed by atoms with Crippen molar-refractivity contribution in [2.75, 3.05) is 51.8 Å². The van der Waals surface area contributed by atoms with Gasteiger partial charge in [-0.05, 0) is 43.5 Å². The molecule has 2 N–H and O–H groups in total. The molecule has 0 bridgehead atoms. The summed E-state index contributed by atoms with van der Waals surface area (Å²) < 4.78 is 11.1. The Balaban J connectivity index is 0.00000280. The lowest BCUT2D eigenvalue weighted by Crippen LogP contribution is -2.40. The van der Waals surface area contributed by atoms with Gasteiger partial charge in [0.25, 0.3) is 0 Å².